The number of carbonyl (C=O) groups excluding carboxylic acids is 1. The van der Waals surface area contributed by atoms with Gasteiger partial charge in [0.1, 0.15) is 18.0 Å². The molecule has 2 aromatic carbocycles. The number of amides is 1. The molecule has 0 atom stereocenters. The smallest absolute Gasteiger partial charge is 0.250 e. The number of hydrogen-bond donors (Lipinski definition) is 0. The number of tetrazole rings is 1. The predicted molar refractivity (Wildman–Crippen MR) is 118 cm³/mol. The Hall–Kier alpha value is -3.72. The first-order chi connectivity index (χ1) is 15.2. The quantitative estimate of drug-likeness (QED) is 0.420. The number of carbonyl (C=O) groups is 1. The van der Waals surface area contributed by atoms with Crippen LogP contribution >= 0.6 is 11.3 Å². The molecule has 0 fully saturated rings. The Morgan fingerprint density at radius 2 is 1.84 bits per heavy atom. The van der Waals surface area contributed by atoms with E-state index in [1.165, 1.54) is 4.80 Å². The third-order valence-corrected chi connectivity index (χ3v) is 5.50. The van der Waals surface area contributed by atoms with Crippen molar-refractivity contribution in [1.29, 1.82) is 0 Å². The highest BCUT2D eigenvalue weighted by atomic mass is 32.1. The highest BCUT2D eigenvalue weighted by Gasteiger charge is 2.19. The number of benzene rings is 2. The average Bonchev–Trinajstić information content (AvgIpc) is 3.50. The number of hydrogen-bond acceptors (Lipinski definition) is 7. The lowest BCUT2D eigenvalue weighted by Crippen LogP contribution is -2.33. The normalized spacial score (nSPS) is 10.6. The Morgan fingerprint density at radius 1 is 1.03 bits per heavy atom. The molecule has 0 N–H and O–H groups in total. The van der Waals surface area contributed by atoms with Gasteiger partial charge in [-0.25, -0.2) is 0 Å². The van der Waals surface area contributed by atoms with Gasteiger partial charge < -0.3 is 14.4 Å². The minimum absolute atomic E-state index is 0.0334. The molecule has 0 aliphatic heterocycles. The van der Waals surface area contributed by atoms with Gasteiger partial charge in [-0.15, -0.1) is 21.5 Å². The van der Waals surface area contributed by atoms with E-state index in [1.807, 2.05) is 66.0 Å². The maximum absolute atomic E-state index is 13.2. The molecular weight excluding hydrogens is 414 g/mol. The van der Waals surface area contributed by atoms with Crippen molar-refractivity contribution in [2.45, 2.75) is 13.1 Å². The van der Waals surface area contributed by atoms with E-state index in [2.05, 4.69) is 15.4 Å². The number of methoxy groups -OCH3 is 2. The van der Waals surface area contributed by atoms with Gasteiger partial charge in [0.15, 0.2) is 0 Å². The minimum Gasteiger partial charge on any atom is -0.497 e. The van der Waals surface area contributed by atoms with Crippen LogP contribution in [0.4, 0.5) is 5.69 Å². The Kier molecular flexibility index (Phi) is 6.23. The monoisotopic (exact) mass is 435 g/mol. The van der Waals surface area contributed by atoms with E-state index in [9.17, 15) is 4.79 Å². The van der Waals surface area contributed by atoms with Gasteiger partial charge >= 0.3 is 0 Å². The number of thiophene rings is 1. The van der Waals surface area contributed by atoms with E-state index in [0.717, 1.165) is 21.9 Å². The van der Waals surface area contributed by atoms with E-state index in [0.29, 0.717) is 18.1 Å². The van der Waals surface area contributed by atoms with Crippen molar-refractivity contribution in [1.82, 2.24) is 20.2 Å². The van der Waals surface area contributed by atoms with Crippen LogP contribution in [0.5, 0.6) is 11.5 Å². The summed E-state index contributed by atoms with van der Waals surface area (Å²) in [5.74, 6) is 1.72. The summed E-state index contributed by atoms with van der Waals surface area (Å²) in [6, 6.07) is 18.7. The molecule has 0 aliphatic carbocycles. The molecule has 0 unspecified atom stereocenters. The SMILES string of the molecule is COc1ccc(N(Cc2cccs2)C(=O)Cn2nnc(-c3cccc(OC)c3)n2)cc1. The van der Waals surface area contributed by atoms with Crippen molar-refractivity contribution in [3.8, 4) is 22.9 Å². The highest BCUT2D eigenvalue weighted by Crippen LogP contribution is 2.24. The molecule has 0 spiro atoms. The second kappa shape index (κ2) is 9.40. The van der Waals surface area contributed by atoms with E-state index >= 15 is 0 Å². The van der Waals surface area contributed by atoms with Gasteiger partial charge in [-0.2, -0.15) is 4.80 Å². The van der Waals surface area contributed by atoms with Crippen LogP contribution in [0.1, 0.15) is 4.88 Å². The van der Waals surface area contributed by atoms with Crippen LogP contribution in [0.25, 0.3) is 11.4 Å². The number of aromatic nitrogens is 4. The zero-order chi connectivity index (χ0) is 21.6. The molecular formula is C22H21N5O3S. The fourth-order valence-corrected chi connectivity index (χ4v) is 3.73. The number of anilines is 1. The molecule has 31 heavy (non-hydrogen) atoms. The van der Waals surface area contributed by atoms with E-state index in [4.69, 9.17) is 9.47 Å². The fourth-order valence-electron chi connectivity index (χ4n) is 3.04. The van der Waals surface area contributed by atoms with E-state index in [-0.39, 0.29) is 12.5 Å². The summed E-state index contributed by atoms with van der Waals surface area (Å²) in [5, 5.41) is 14.5. The summed E-state index contributed by atoms with van der Waals surface area (Å²) >= 11 is 1.60. The zero-order valence-electron chi connectivity index (χ0n) is 17.1. The van der Waals surface area contributed by atoms with Crippen LogP contribution < -0.4 is 14.4 Å². The molecule has 0 saturated heterocycles. The summed E-state index contributed by atoms with van der Waals surface area (Å²) in [6.07, 6.45) is 0. The molecule has 4 rings (SSSR count). The molecule has 0 bridgehead atoms. The molecule has 158 valence electrons. The molecule has 0 aliphatic rings. The molecule has 8 nitrogen and oxygen atoms in total. The van der Waals surface area contributed by atoms with Gasteiger partial charge in [-0.05, 0) is 53.1 Å². The van der Waals surface area contributed by atoms with Crippen molar-refractivity contribution in [3.63, 3.8) is 0 Å². The molecule has 2 heterocycles. The summed E-state index contributed by atoms with van der Waals surface area (Å²) in [4.78, 5) is 17.3. The van der Waals surface area contributed by atoms with Crippen molar-refractivity contribution in [2.75, 3.05) is 19.1 Å². The largest absolute Gasteiger partial charge is 0.497 e. The zero-order valence-corrected chi connectivity index (χ0v) is 18.0. The predicted octanol–water partition coefficient (Wildman–Crippen LogP) is 3.65. The van der Waals surface area contributed by atoms with Crippen LogP contribution in [-0.4, -0.2) is 40.3 Å². The van der Waals surface area contributed by atoms with Gasteiger partial charge in [0, 0.05) is 16.1 Å². The molecule has 2 aromatic heterocycles. The lowest BCUT2D eigenvalue weighted by molar-refractivity contribution is -0.119. The van der Waals surface area contributed by atoms with Crippen LogP contribution in [0.2, 0.25) is 0 Å². The standard InChI is InChI=1S/C22H21N5O3S/c1-29-18-10-8-17(9-11-18)26(14-20-7-4-12-31-20)21(28)15-27-24-22(23-25-27)16-5-3-6-19(13-16)30-2/h3-13H,14-15H2,1-2H3. The van der Waals surface area contributed by atoms with Crippen LogP contribution in [-0.2, 0) is 17.9 Å². The Balaban J connectivity index is 1.55. The van der Waals surface area contributed by atoms with Crippen molar-refractivity contribution < 1.29 is 14.3 Å². The summed E-state index contributed by atoms with van der Waals surface area (Å²) in [6.45, 7) is 0.425. The first kappa shape index (κ1) is 20.5. The number of rotatable bonds is 8. The first-order valence-electron chi connectivity index (χ1n) is 9.55. The molecule has 0 radical (unpaired) electrons. The summed E-state index contributed by atoms with van der Waals surface area (Å²) in [5.41, 5.74) is 1.54. The van der Waals surface area contributed by atoms with Gasteiger partial charge in [0.25, 0.3) is 5.91 Å². The van der Waals surface area contributed by atoms with Gasteiger partial charge in [0.05, 0.1) is 20.8 Å². The maximum atomic E-state index is 13.2. The van der Waals surface area contributed by atoms with Gasteiger partial charge in [-0.1, -0.05) is 18.2 Å². The van der Waals surface area contributed by atoms with E-state index in [1.54, 1.807) is 30.5 Å². The minimum atomic E-state index is -0.145. The third-order valence-electron chi connectivity index (χ3n) is 4.64. The average molecular weight is 436 g/mol. The third kappa shape index (κ3) is 4.89. The first-order valence-corrected chi connectivity index (χ1v) is 10.4. The Labute approximate surface area is 183 Å². The van der Waals surface area contributed by atoms with Gasteiger partial charge in [0.2, 0.25) is 5.82 Å². The van der Waals surface area contributed by atoms with Crippen molar-refractivity contribution >= 4 is 22.9 Å². The van der Waals surface area contributed by atoms with Crippen molar-refractivity contribution in [3.05, 3.63) is 70.9 Å². The van der Waals surface area contributed by atoms with E-state index < -0.39 is 0 Å². The lowest BCUT2D eigenvalue weighted by Gasteiger charge is -2.22. The van der Waals surface area contributed by atoms with Crippen molar-refractivity contribution in [2.24, 2.45) is 0 Å². The molecule has 1 amide bonds. The Bertz CT molecular complexity index is 1140. The van der Waals surface area contributed by atoms with Gasteiger partial charge in [-0.3, -0.25) is 4.79 Å². The highest BCUT2D eigenvalue weighted by molar-refractivity contribution is 7.09. The van der Waals surface area contributed by atoms with Crippen LogP contribution in [0.3, 0.4) is 0 Å². The lowest BCUT2D eigenvalue weighted by atomic mass is 10.2. The number of ether oxygens (including phenoxy) is 2. The number of nitrogens with zero attached hydrogens (tertiary/aromatic N) is 5. The fraction of sp³-hybridized carbons (Fsp3) is 0.182. The topological polar surface area (TPSA) is 82.4 Å². The second-order valence-electron chi connectivity index (χ2n) is 6.63. The molecule has 0 saturated carbocycles. The second-order valence-corrected chi connectivity index (χ2v) is 7.66. The molecule has 4 aromatic rings. The summed E-state index contributed by atoms with van der Waals surface area (Å²) in [7, 11) is 3.21. The maximum Gasteiger partial charge on any atom is 0.250 e. The van der Waals surface area contributed by atoms with Crippen LogP contribution in [0, 0.1) is 0 Å². The molecule has 9 heteroatoms. The Morgan fingerprint density at radius 3 is 2.55 bits per heavy atom. The summed E-state index contributed by atoms with van der Waals surface area (Å²) < 4.78 is 10.5. The van der Waals surface area contributed by atoms with Crippen LogP contribution in [0.15, 0.2) is 66.0 Å².